The van der Waals surface area contributed by atoms with E-state index in [2.05, 4.69) is 6.07 Å². The molecule has 2 aromatic heterocycles. The minimum absolute atomic E-state index is 0.0840. The number of carbonyl (C=O) groups is 1. The molecule has 4 rings (SSSR count). The van der Waals surface area contributed by atoms with Gasteiger partial charge in [-0.05, 0) is 60.7 Å². The monoisotopic (exact) mass is 341 g/mol. The molecule has 3 heterocycles. The molecule has 1 atom stereocenters. The molecule has 0 aliphatic carbocycles. The molecule has 1 aromatic carbocycles. The van der Waals surface area contributed by atoms with Crippen LogP contribution in [0.3, 0.4) is 0 Å². The maximum absolute atomic E-state index is 13.0. The fourth-order valence-corrected chi connectivity index (χ4v) is 4.02. The van der Waals surface area contributed by atoms with Crippen LogP contribution in [0.15, 0.2) is 58.3 Å². The molecule has 1 aliphatic rings. The van der Waals surface area contributed by atoms with Crippen molar-refractivity contribution in [2.45, 2.75) is 18.9 Å². The molecular formula is C19H16FNO2S. The van der Waals surface area contributed by atoms with Crippen LogP contribution in [-0.2, 0) is 0 Å². The van der Waals surface area contributed by atoms with Crippen molar-refractivity contribution in [1.82, 2.24) is 4.90 Å². The molecule has 1 saturated heterocycles. The van der Waals surface area contributed by atoms with Crippen molar-refractivity contribution in [3.8, 4) is 11.3 Å². The van der Waals surface area contributed by atoms with Crippen LogP contribution >= 0.6 is 11.3 Å². The zero-order chi connectivity index (χ0) is 16.5. The molecule has 3 aromatic rings. The first-order chi connectivity index (χ1) is 11.7. The van der Waals surface area contributed by atoms with Gasteiger partial charge < -0.3 is 9.32 Å². The van der Waals surface area contributed by atoms with Crippen LogP contribution in [0.25, 0.3) is 11.3 Å². The number of rotatable bonds is 3. The number of hydrogen-bond acceptors (Lipinski definition) is 3. The highest BCUT2D eigenvalue weighted by Gasteiger charge is 2.32. The van der Waals surface area contributed by atoms with Gasteiger partial charge in [0.1, 0.15) is 11.6 Å². The standard InChI is InChI=1S/C19H16FNO2S/c20-14-7-5-13(6-8-14)16-9-10-17(23-16)19(22)21-11-1-3-15(21)18-4-2-12-24-18/h2,4-10,12,15H,1,3,11H2. The second kappa shape index (κ2) is 6.24. The van der Waals surface area contributed by atoms with E-state index < -0.39 is 0 Å². The van der Waals surface area contributed by atoms with Crippen LogP contribution in [0, 0.1) is 5.82 Å². The lowest BCUT2D eigenvalue weighted by molar-refractivity contribution is 0.0706. The molecule has 1 fully saturated rings. The second-order valence-electron chi connectivity index (χ2n) is 5.84. The Morgan fingerprint density at radius 1 is 1.17 bits per heavy atom. The average molecular weight is 341 g/mol. The van der Waals surface area contributed by atoms with E-state index in [-0.39, 0.29) is 17.8 Å². The number of likely N-dealkylation sites (tertiary alicyclic amines) is 1. The minimum Gasteiger partial charge on any atom is -0.451 e. The van der Waals surface area contributed by atoms with Crippen LogP contribution in [0.1, 0.15) is 34.3 Å². The van der Waals surface area contributed by atoms with Gasteiger partial charge in [-0.1, -0.05) is 6.07 Å². The fourth-order valence-electron chi connectivity index (χ4n) is 3.15. The van der Waals surface area contributed by atoms with Crippen molar-refractivity contribution < 1.29 is 13.6 Å². The van der Waals surface area contributed by atoms with Crippen LogP contribution in [0.2, 0.25) is 0 Å². The first kappa shape index (κ1) is 15.1. The third kappa shape index (κ3) is 2.76. The van der Waals surface area contributed by atoms with Crippen molar-refractivity contribution >= 4 is 17.2 Å². The van der Waals surface area contributed by atoms with E-state index in [0.717, 1.165) is 24.9 Å². The van der Waals surface area contributed by atoms with E-state index in [1.807, 2.05) is 16.3 Å². The molecule has 122 valence electrons. The Hall–Kier alpha value is -2.40. The van der Waals surface area contributed by atoms with Crippen LogP contribution in [0.5, 0.6) is 0 Å². The zero-order valence-corrected chi connectivity index (χ0v) is 13.8. The molecule has 0 spiro atoms. The number of halogens is 1. The summed E-state index contributed by atoms with van der Waals surface area (Å²) in [5.74, 6) is 0.528. The zero-order valence-electron chi connectivity index (χ0n) is 12.9. The summed E-state index contributed by atoms with van der Waals surface area (Å²) in [6, 6.07) is 13.7. The molecule has 0 bridgehead atoms. The molecule has 1 unspecified atom stereocenters. The van der Waals surface area contributed by atoms with Gasteiger partial charge in [-0.3, -0.25) is 4.79 Å². The summed E-state index contributed by atoms with van der Waals surface area (Å²) in [6.45, 7) is 0.744. The van der Waals surface area contributed by atoms with Gasteiger partial charge in [0.15, 0.2) is 5.76 Å². The van der Waals surface area contributed by atoms with Crippen molar-refractivity contribution in [3.63, 3.8) is 0 Å². The Kier molecular flexibility index (Phi) is 3.94. The van der Waals surface area contributed by atoms with Gasteiger partial charge in [0.2, 0.25) is 0 Å². The van der Waals surface area contributed by atoms with Crippen molar-refractivity contribution in [2.24, 2.45) is 0 Å². The second-order valence-corrected chi connectivity index (χ2v) is 6.82. The summed E-state index contributed by atoms with van der Waals surface area (Å²) in [4.78, 5) is 15.9. The topological polar surface area (TPSA) is 33.5 Å². The number of hydrogen-bond donors (Lipinski definition) is 0. The minimum atomic E-state index is -0.294. The van der Waals surface area contributed by atoms with Gasteiger partial charge in [-0.2, -0.15) is 0 Å². The number of nitrogens with zero attached hydrogens (tertiary/aromatic N) is 1. The van der Waals surface area contributed by atoms with E-state index in [9.17, 15) is 9.18 Å². The van der Waals surface area contributed by atoms with Gasteiger partial charge in [-0.15, -0.1) is 11.3 Å². The Morgan fingerprint density at radius 3 is 2.75 bits per heavy atom. The molecule has 0 radical (unpaired) electrons. The number of carbonyl (C=O) groups excluding carboxylic acids is 1. The largest absolute Gasteiger partial charge is 0.451 e. The van der Waals surface area contributed by atoms with E-state index in [1.54, 1.807) is 35.6 Å². The third-order valence-electron chi connectivity index (χ3n) is 4.33. The van der Waals surface area contributed by atoms with Gasteiger partial charge in [-0.25, -0.2) is 4.39 Å². The Labute approximate surface area is 143 Å². The lowest BCUT2D eigenvalue weighted by Crippen LogP contribution is -2.29. The lowest BCUT2D eigenvalue weighted by atomic mass is 10.2. The van der Waals surface area contributed by atoms with E-state index in [1.165, 1.54) is 17.0 Å². The maximum Gasteiger partial charge on any atom is 0.290 e. The molecule has 0 saturated carbocycles. The van der Waals surface area contributed by atoms with E-state index in [4.69, 9.17) is 4.42 Å². The number of furan rings is 1. The third-order valence-corrected chi connectivity index (χ3v) is 5.30. The van der Waals surface area contributed by atoms with Gasteiger partial charge in [0, 0.05) is 17.0 Å². The number of benzene rings is 1. The number of amides is 1. The fraction of sp³-hybridized carbons (Fsp3) is 0.211. The molecule has 0 N–H and O–H groups in total. The highest BCUT2D eigenvalue weighted by molar-refractivity contribution is 7.10. The number of thiophene rings is 1. The molecule has 1 aliphatic heterocycles. The van der Waals surface area contributed by atoms with Crippen LogP contribution < -0.4 is 0 Å². The molecule has 5 heteroatoms. The summed E-state index contributed by atoms with van der Waals surface area (Å²) in [7, 11) is 0. The smallest absolute Gasteiger partial charge is 0.290 e. The highest BCUT2D eigenvalue weighted by atomic mass is 32.1. The molecule has 1 amide bonds. The van der Waals surface area contributed by atoms with Crippen LogP contribution in [-0.4, -0.2) is 17.4 Å². The van der Waals surface area contributed by atoms with Gasteiger partial charge in [0.05, 0.1) is 6.04 Å². The van der Waals surface area contributed by atoms with Crippen molar-refractivity contribution in [1.29, 1.82) is 0 Å². The summed E-state index contributed by atoms with van der Waals surface area (Å²) >= 11 is 1.68. The first-order valence-corrected chi connectivity index (χ1v) is 8.80. The van der Waals surface area contributed by atoms with Gasteiger partial charge >= 0.3 is 0 Å². The van der Waals surface area contributed by atoms with Gasteiger partial charge in [0.25, 0.3) is 5.91 Å². The first-order valence-electron chi connectivity index (χ1n) is 7.92. The summed E-state index contributed by atoms with van der Waals surface area (Å²) in [6.07, 6.45) is 1.98. The summed E-state index contributed by atoms with van der Waals surface area (Å²) < 4.78 is 18.8. The normalized spacial score (nSPS) is 17.4. The van der Waals surface area contributed by atoms with E-state index in [0.29, 0.717) is 11.5 Å². The van der Waals surface area contributed by atoms with Crippen LogP contribution in [0.4, 0.5) is 4.39 Å². The lowest BCUT2D eigenvalue weighted by Gasteiger charge is -2.22. The molecule has 3 nitrogen and oxygen atoms in total. The maximum atomic E-state index is 13.0. The van der Waals surface area contributed by atoms with E-state index >= 15 is 0 Å². The quantitative estimate of drug-likeness (QED) is 0.662. The molecule has 24 heavy (non-hydrogen) atoms. The Balaban J connectivity index is 1.57. The summed E-state index contributed by atoms with van der Waals surface area (Å²) in [5, 5.41) is 2.04. The summed E-state index contributed by atoms with van der Waals surface area (Å²) in [5.41, 5.74) is 0.756. The van der Waals surface area contributed by atoms with Crippen molar-refractivity contribution in [3.05, 3.63) is 70.4 Å². The Morgan fingerprint density at radius 2 is 2.00 bits per heavy atom. The van der Waals surface area contributed by atoms with Crippen molar-refractivity contribution in [2.75, 3.05) is 6.54 Å². The SMILES string of the molecule is O=C(c1ccc(-c2ccc(F)cc2)o1)N1CCCC1c1cccs1. The predicted octanol–water partition coefficient (Wildman–Crippen LogP) is 5.12. The average Bonchev–Trinajstić information content (AvgIpc) is 3.34. The Bertz CT molecular complexity index is 839. The highest BCUT2D eigenvalue weighted by Crippen LogP contribution is 2.36. The molecular weight excluding hydrogens is 325 g/mol. The predicted molar refractivity (Wildman–Crippen MR) is 91.4 cm³/mol.